The van der Waals surface area contributed by atoms with Gasteiger partial charge < -0.3 is 24.5 Å². The van der Waals surface area contributed by atoms with Gasteiger partial charge in [0.15, 0.2) is 0 Å². The Balaban J connectivity index is 1.59. The molecule has 0 aromatic heterocycles. The van der Waals surface area contributed by atoms with Crippen molar-refractivity contribution in [3.63, 3.8) is 0 Å². The summed E-state index contributed by atoms with van der Waals surface area (Å²) in [5, 5.41) is 10.8. The molecule has 1 N–H and O–H groups in total. The van der Waals surface area contributed by atoms with E-state index in [1.807, 2.05) is 49.9 Å². The largest absolute Gasteiger partial charge is 0.494 e. The summed E-state index contributed by atoms with van der Waals surface area (Å²) in [5.74, 6) is -0.916. The lowest BCUT2D eigenvalue weighted by atomic mass is 9.66. The molecule has 2 unspecified atom stereocenters. The van der Waals surface area contributed by atoms with E-state index >= 15 is 4.79 Å². The first-order chi connectivity index (χ1) is 22.1. The molecule has 8 nitrogen and oxygen atoms in total. The van der Waals surface area contributed by atoms with Crippen LogP contribution in [-0.4, -0.2) is 86.6 Å². The second-order valence-corrected chi connectivity index (χ2v) is 15.7. The number of carbonyl (C=O) groups is 3. The third-order valence-corrected chi connectivity index (χ3v) is 13.2. The van der Waals surface area contributed by atoms with Crippen molar-refractivity contribution < 1.29 is 24.2 Å². The van der Waals surface area contributed by atoms with E-state index < -0.39 is 33.4 Å². The summed E-state index contributed by atoms with van der Waals surface area (Å²) < 4.78 is 4.37. The Kier molecular flexibility index (Phi) is 10.6. The Morgan fingerprint density at radius 1 is 1.09 bits per heavy atom. The molecule has 9 heteroatoms. The second kappa shape index (κ2) is 14.1. The molecule has 252 valence electrons. The molecule has 1 aliphatic carbocycles. The van der Waals surface area contributed by atoms with Gasteiger partial charge in [-0.05, 0) is 69.7 Å². The number of ether oxygens (including phenoxy) is 1. The van der Waals surface area contributed by atoms with Crippen molar-refractivity contribution in [2.45, 2.75) is 107 Å². The minimum atomic E-state index is -0.753. The van der Waals surface area contributed by atoms with Crippen molar-refractivity contribution in [2.24, 2.45) is 17.8 Å². The Bertz CT molecular complexity index is 1300. The van der Waals surface area contributed by atoms with Gasteiger partial charge in [-0.15, -0.1) is 24.9 Å². The zero-order valence-electron chi connectivity index (χ0n) is 28.2. The fraction of sp³-hybridized carbons (Fsp3) is 0.649. The molecule has 4 fully saturated rings. The molecule has 7 atom stereocenters. The second-order valence-electron chi connectivity index (χ2n) is 13.8. The number of aliphatic hydroxyl groups excluding tert-OH is 1. The summed E-state index contributed by atoms with van der Waals surface area (Å²) in [5.41, 5.74) is 0.719. The van der Waals surface area contributed by atoms with Gasteiger partial charge in [-0.3, -0.25) is 14.4 Å². The van der Waals surface area contributed by atoms with E-state index in [2.05, 4.69) is 20.1 Å². The molecule has 4 aliphatic rings. The maximum atomic E-state index is 15.0. The smallest absolute Gasteiger partial charge is 0.247 e. The fourth-order valence-corrected chi connectivity index (χ4v) is 11.1. The summed E-state index contributed by atoms with van der Waals surface area (Å²) >= 11 is 1.69. The number of rotatable bonds is 14. The molecule has 3 heterocycles. The van der Waals surface area contributed by atoms with Crippen molar-refractivity contribution in [1.29, 1.82) is 0 Å². The maximum absolute atomic E-state index is 15.0. The van der Waals surface area contributed by atoms with E-state index in [1.54, 1.807) is 33.7 Å². The topological polar surface area (TPSA) is 90.4 Å². The SMILES string of the molecule is C=CCN(C(=O)[C@H]1[C@H]2C(=O)N([C@@H](CO)[C@@H](C)CC)C(C(=O)N(CC=C)C3CCCCC3)C23CC[C@]1(C)S3)c1ccc(OCC)cc1. The van der Waals surface area contributed by atoms with Gasteiger partial charge in [-0.1, -0.05) is 51.7 Å². The summed E-state index contributed by atoms with van der Waals surface area (Å²) in [4.78, 5) is 50.3. The number of fused-ring (bicyclic) bond motifs is 1. The Morgan fingerprint density at radius 3 is 2.35 bits per heavy atom. The summed E-state index contributed by atoms with van der Waals surface area (Å²) in [6.07, 6.45) is 10.9. The average Bonchev–Trinajstić information content (AvgIpc) is 3.64. The number of amides is 3. The van der Waals surface area contributed by atoms with Crippen LogP contribution in [0.15, 0.2) is 49.6 Å². The van der Waals surface area contributed by atoms with Gasteiger partial charge in [0, 0.05) is 29.6 Å². The van der Waals surface area contributed by atoms with Crippen LogP contribution < -0.4 is 9.64 Å². The highest BCUT2D eigenvalue weighted by Crippen LogP contribution is 2.72. The van der Waals surface area contributed by atoms with Gasteiger partial charge in [0.25, 0.3) is 0 Å². The monoisotopic (exact) mass is 651 g/mol. The summed E-state index contributed by atoms with van der Waals surface area (Å²) in [7, 11) is 0. The van der Waals surface area contributed by atoms with Gasteiger partial charge in [-0.2, -0.15) is 0 Å². The number of likely N-dealkylation sites (tertiary alicyclic amines) is 1. The maximum Gasteiger partial charge on any atom is 0.247 e. The number of hydrogen-bond donors (Lipinski definition) is 1. The molecular weight excluding hydrogens is 598 g/mol. The molecule has 46 heavy (non-hydrogen) atoms. The molecule has 1 saturated carbocycles. The van der Waals surface area contributed by atoms with Crippen molar-refractivity contribution in [3.8, 4) is 5.75 Å². The first kappa shape index (κ1) is 34.6. The van der Waals surface area contributed by atoms with Gasteiger partial charge in [0.1, 0.15) is 11.8 Å². The molecule has 3 aliphatic heterocycles. The zero-order chi connectivity index (χ0) is 33.2. The lowest BCUT2D eigenvalue weighted by Gasteiger charge is -2.43. The first-order valence-electron chi connectivity index (χ1n) is 17.3. The molecular formula is C37H53N3O5S. The number of benzene rings is 1. The first-order valence-corrected chi connectivity index (χ1v) is 18.1. The highest BCUT2D eigenvalue weighted by atomic mass is 32.2. The highest BCUT2D eigenvalue weighted by molar-refractivity contribution is 8.02. The number of hydrogen-bond acceptors (Lipinski definition) is 6. The standard InChI is InChI=1S/C37H53N3O5S/c1-7-22-38(27-16-18-28(19-17-27)45-10-4)33(42)30-31-34(43)40(29(24-41)25(5)9-3)32(37(31)21-20-36(30,6)46-37)35(44)39(23-8-2)26-14-12-11-13-15-26/h7-8,16-19,25-26,29-32,41H,1-2,9-15,20-24H2,3-6H3/t25-,29-,30+,31-,32?,36-,37?/m0/s1. The molecule has 1 aromatic rings. The van der Waals surface area contributed by atoms with Crippen LogP contribution in [0.5, 0.6) is 5.75 Å². The van der Waals surface area contributed by atoms with Crippen molar-refractivity contribution in [3.05, 3.63) is 49.6 Å². The predicted molar refractivity (Wildman–Crippen MR) is 185 cm³/mol. The molecule has 1 spiro atoms. The zero-order valence-corrected chi connectivity index (χ0v) is 29.0. The molecule has 5 rings (SSSR count). The van der Waals surface area contributed by atoms with Crippen LogP contribution in [-0.2, 0) is 14.4 Å². The third kappa shape index (κ3) is 5.80. The number of carbonyl (C=O) groups excluding carboxylic acids is 3. The molecule has 3 amide bonds. The highest BCUT2D eigenvalue weighted by Gasteiger charge is 2.78. The van der Waals surface area contributed by atoms with Crippen molar-refractivity contribution in [2.75, 3.05) is 31.2 Å². The van der Waals surface area contributed by atoms with Crippen LogP contribution in [0.3, 0.4) is 0 Å². The number of aliphatic hydroxyl groups is 1. The third-order valence-electron chi connectivity index (χ3n) is 11.2. The fourth-order valence-electron chi connectivity index (χ4n) is 8.81. The van der Waals surface area contributed by atoms with E-state index in [9.17, 15) is 14.7 Å². The Labute approximate surface area is 279 Å². The quantitative estimate of drug-likeness (QED) is 0.254. The minimum absolute atomic E-state index is 0.0185. The predicted octanol–water partition coefficient (Wildman–Crippen LogP) is 5.84. The van der Waals surface area contributed by atoms with E-state index in [1.165, 1.54) is 6.42 Å². The number of anilines is 1. The van der Waals surface area contributed by atoms with Crippen molar-refractivity contribution in [1.82, 2.24) is 9.80 Å². The van der Waals surface area contributed by atoms with Crippen LogP contribution in [0.2, 0.25) is 0 Å². The van der Waals surface area contributed by atoms with Crippen molar-refractivity contribution >= 4 is 35.2 Å². The minimum Gasteiger partial charge on any atom is -0.494 e. The van der Waals surface area contributed by atoms with Gasteiger partial charge in [0.05, 0.1) is 35.8 Å². The molecule has 3 saturated heterocycles. The van der Waals surface area contributed by atoms with Crippen LogP contribution in [0.1, 0.15) is 79.1 Å². The number of thioether (sulfide) groups is 1. The lowest BCUT2D eigenvalue weighted by molar-refractivity contribution is -0.148. The van der Waals surface area contributed by atoms with Gasteiger partial charge in [0.2, 0.25) is 17.7 Å². The Hall–Kier alpha value is -2.78. The molecule has 2 bridgehead atoms. The number of nitrogens with zero attached hydrogens (tertiary/aromatic N) is 3. The van der Waals surface area contributed by atoms with E-state index in [4.69, 9.17) is 4.74 Å². The van der Waals surface area contributed by atoms with Gasteiger partial charge >= 0.3 is 0 Å². The van der Waals surface area contributed by atoms with Crippen LogP contribution in [0, 0.1) is 17.8 Å². The lowest BCUT2D eigenvalue weighted by Crippen LogP contribution is -2.60. The van der Waals surface area contributed by atoms with Gasteiger partial charge in [-0.25, -0.2) is 0 Å². The molecule has 1 aromatic carbocycles. The van der Waals surface area contributed by atoms with Crippen LogP contribution in [0.25, 0.3) is 0 Å². The van der Waals surface area contributed by atoms with Crippen LogP contribution in [0.4, 0.5) is 5.69 Å². The summed E-state index contributed by atoms with van der Waals surface area (Å²) in [6, 6.07) is 6.31. The van der Waals surface area contributed by atoms with E-state index in [-0.39, 0.29) is 36.3 Å². The summed E-state index contributed by atoms with van der Waals surface area (Å²) in [6.45, 7) is 17.1. The normalized spacial score (nSPS) is 30.1. The molecule has 0 radical (unpaired) electrons. The van der Waals surface area contributed by atoms with E-state index in [0.717, 1.165) is 50.0 Å². The van der Waals surface area contributed by atoms with Crippen LogP contribution >= 0.6 is 11.8 Å². The average molecular weight is 652 g/mol. The Morgan fingerprint density at radius 2 is 1.76 bits per heavy atom. The van der Waals surface area contributed by atoms with E-state index in [0.29, 0.717) is 26.1 Å².